The van der Waals surface area contributed by atoms with Crippen LogP contribution < -0.4 is 14.8 Å². The fraction of sp³-hybridized carbons (Fsp3) is 0.538. The maximum absolute atomic E-state index is 6.12. The summed E-state index contributed by atoms with van der Waals surface area (Å²) in [6.07, 6.45) is 2.37. The summed E-state index contributed by atoms with van der Waals surface area (Å²) in [5.74, 6) is 1.41. The first-order valence-electron chi connectivity index (χ1n) is 6.02. The van der Waals surface area contributed by atoms with Gasteiger partial charge in [0.15, 0.2) is 11.5 Å². The van der Waals surface area contributed by atoms with E-state index < -0.39 is 0 Å². The van der Waals surface area contributed by atoms with Crippen LogP contribution in [-0.4, -0.2) is 12.8 Å². The van der Waals surface area contributed by atoms with E-state index in [2.05, 4.69) is 19.2 Å². The molecule has 94 valence electrons. The van der Waals surface area contributed by atoms with Crippen molar-refractivity contribution in [1.29, 1.82) is 0 Å². The molecule has 1 aromatic rings. The second kappa shape index (κ2) is 5.61. The van der Waals surface area contributed by atoms with Gasteiger partial charge in [0, 0.05) is 12.6 Å². The number of nitrogens with one attached hydrogen (secondary N) is 1. The lowest BCUT2D eigenvalue weighted by atomic mass is 10.1. The van der Waals surface area contributed by atoms with E-state index in [0.717, 1.165) is 17.9 Å². The molecule has 1 heterocycles. The summed E-state index contributed by atoms with van der Waals surface area (Å²) in [7, 11) is 0. The second-order valence-corrected chi connectivity index (χ2v) is 4.79. The molecule has 4 heteroatoms. The van der Waals surface area contributed by atoms with Crippen LogP contribution in [-0.2, 0) is 6.54 Å². The molecule has 1 aliphatic heterocycles. The Morgan fingerprint density at radius 1 is 1.41 bits per heavy atom. The highest BCUT2D eigenvalue weighted by atomic mass is 35.5. The van der Waals surface area contributed by atoms with Gasteiger partial charge in [0.1, 0.15) is 0 Å². The smallest absolute Gasteiger partial charge is 0.231 e. The summed E-state index contributed by atoms with van der Waals surface area (Å²) in [5, 5.41) is 4.09. The third-order valence-corrected chi connectivity index (χ3v) is 3.14. The van der Waals surface area contributed by atoms with Gasteiger partial charge in [-0.2, -0.15) is 0 Å². The fourth-order valence-corrected chi connectivity index (χ4v) is 2.24. The SMILES string of the molecule is CCCC(C)NCc1cc(Cl)c2c(c1)OCO2. The van der Waals surface area contributed by atoms with Gasteiger partial charge >= 0.3 is 0 Å². The Morgan fingerprint density at radius 3 is 3.00 bits per heavy atom. The largest absolute Gasteiger partial charge is 0.454 e. The van der Waals surface area contributed by atoms with Gasteiger partial charge in [0.25, 0.3) is 0 Å². The molecule has 1 unspecified atom stereocenters. The van der Waals surface area contributed by atoms with E-state index in [1.807, 2.05) is 12.1 Å². The van der Waals surface area contributed by atoms with Crippen molar-refractivity contribution < 1.29 is 9.47 Å². The first-order chi connectivity index (χ1) is 8.20. The van der Waals surface area contributed by atoms with Crippen LogP contribution in [0.25, 0.3) is 0 Å². The quantitative estimate of drug-likeness (QED) is 0.875. The van der Waals surface area contributed by atoms with E-state index in [-0.39, 0.29) is 6.79 Å². The van der Waals surface area contributed by atoms with Crippen molar-refractivity contribution in [2.24, 2.45) is 0 Å². The Balaban J connectivity index is 2.00. The standard InChI is InChI=1S/C13H18ClNO2/c1-3-4-9(2)15-7-10-5-11(14)13-12(6-10)16-8-17-13/h5-6,9,15H,3-4,7-8H2,1-2H3. The summed E-state index contributed by atoms with van der Waals surface area (Å²) in [6.45, 7) is 5.45. The van der Waals surface area contributed by atoms with Crippen LogP contribution in [0.4, 0.5) is 0 Å². The number of benzene rings is 1. The molecule has 0 fully saturated rings. The Kier molecular flexibility index (Phi) is 4.13. The highest BCUT2D eigenvalue weighted by Crippen LogP contribution is 2.39. The minimum absolute atomic E-state index is 0.262. The summed E-state index contributed by atoms with van der Waals surface area (Å²) >= 11 is 6.12. The lowest BCUT2D eigenvalue weighted by Gasteiger charge is -2.13. The molecule has 1 aliphatic rings. The maximum Gasteiger partial charge on any atom is 0.231 e. The molecule has 1 atom stereocenters. The summed E-state index contributed by atoms with van der Waals surface area (Å²) in [4.78, 5) is 0. The van der Waals surface area contributed by atoms with Gasteiger partial charge in [-0.15, -0.1) is 0 Å². The van der Waals surface area contributed by atoms with Crippen molar-refractivity contribution in [3.63, 3.8) is 0 Å². The predicted molar refractivity (Wildman–Crippen MR) is 68.8 cm³/mol. The van der Waals surface area contributed by atoms with E-state index in [1.54, 1.807) is 0 Å². The maximum atomic E-state index is 6.12. The average Bonchev–Trinajstić information content (AvgIpc) is 2.75. The van der Waals surface area contributed by atoms with E-state index in [0.29, 0.717) is 16.8 Å². The molecule has 1 aromatic carbocycles. The molecule has 3 nitrogen and oxygen atoms in total. The van der Waals surface area contributed by atoms with Gasteiger partial charge in [-0.25, -0.2) is 0 Å². The number of hydrogen-bond acceptors (Lipinski definition) is 3. The van der Waals surface area contributed by atoms with E-state index in [4.69, 9.17) is 21.1 Å². The Bertz CT molecular complexity index is 395. The van der Waals surface area contributed by atoms with Gasteiger partial charge in [0.2, 0.25) is 6.79 Å². The second-order valence-electron chi connectivity index (χ2n) is 4.38. The monoisotopic (exact) mass is 255 g/mol. The Hall–Kier alpha value is -0.930. The van der Waals surface area contributed by atoms with Crippen LogP contribution in [0.15, 0.2) is 12.1 Å². The van der Waals surface area contributed by atoms with Crippen LogP contribution in [0.1, 0.15) is 32.3 Å². The topological polar surface area (TPSA) is 30.5 Å². The van der Waals surface area contributed by atoms with Crippen molar-refractivity contribution in [2.45, 2.75) is 39.3 Å². The number of hydrogen-bond donors (Lipinski definition) is 1. The van der Waals surface area contributed by atoms with E-state index in [1.165, 1.54) is 12.8 Å². The molecule has 2 rings (SSSR count). The third kappa shape index (κ3) is 3.05. The Labute approximate surface area is 107 Å². The fourth-order valence-electron chi connectivity index (χ4n) is 1.95. The number of halogens is 1. The van der Waals surface area contributed by atoms with Gasteiger partial charge in [-0.1, -0.05) is 24.9 Å². The van der Waals surface area contributed by atoms with E-state index in [9.17, 15) is 0 Å². The molecule has 0 aromatic heterocycles. The Morgan fingerprint density at radius 2 is 2.24 bits per heavy atom. The zero-order valence-electron chi connectivity index (χ0n) is 10.3. The van der Waals surface area contributed by atoms with Crippen LogP contribution in [0, 0.1) is 0 Å². The number of fused-ring (bicyclic) bond motifs is 1. The molecule has 0 bridgehead atoms. The molecule has 0 saturated carbocycles. The summed E-state index contributed by atoms with van der Waals surface area (Å²) < 4.78 is 10.6. The van der Waals surface area contributed by atoms with Crippen LogP contribution in [0.3, 0.4) is 0 Å². The lowest BCUT2D eigenvalue weighted by molar-refractivity contribution is 0.174. The van der Waals surface area contributed by atoms with Crippen molar-refractivity contribution in [2.75, 3.05) is 6.79 Å². The minimum Gasteiger partial charge on any atom is -0.454 e. The van der Waals surface area contributed by atoms with Crippen molar-refractivity contribution in [1.82, 2.24) is 5.32 Å². The summed E-state index contributed by atoms with van der Waals surface area (Å²) in [5.41, 5.74) is 1.13. The van der Waals surface area contributed by atoms with Gasteiger partial charge in [-0.3, -0.25) is 0 Å². The third-order valence-electron chi connectivity index (χ3n) is 2.86. The predicted octanol–water partition coefficient (Wildman–Crippen LogP) is 3.35. The number of ether oxygens (including phenoxy) is 2. The molecule has 0 aliphatic carbocycles. The molecular weight excluding hydrogens is 238 g/mol. The van der Waals surface area contributed by atoms with Gasteiger partial charge in [-0.05, 0) is 31.0 Å². The highest BCUT2D eigenvalue weighted by Gasteiger charge is 2.18. The zero-order chi connectivity index (χ0) is 12.3. The first kappa shape index (κ1) is 12.5. The van der Waals surface area contributed by atoms with Crippen LogP contribution in [0.5, 0.6) is 11.5 Å². The molecule has 1 N–H and O–H groups in total. The van der Waals surface area contributed by atoms with Crippen molar-refractivity contribution >= 4 is 11.6 Å². The lowest BCUT2D eigenvalue weighted by Crippen LogP contribution is -2.25. The molecule has 0 saturated heterocycles. The minimum atomic E-state index is 0.262. The first-order valence-corrected chi connectivity index (χ1v) is 6.40. The van der Waals surface area contributed by atoms with Crippen LogP contribution in [0.2, 0.25) is 5.02 Å². The zero-order valence-corrected chi connectivity index (χ0v) is 11.0. The molecule has 0 spiro atoms. The van der Waals surface area contributed by atoms with Gasteiger partial charge < -0.3 is 14.8 Å². The van der Waals surface area contributed by atoms with Gasteiger partial charge in [0.05, 0.1) is 5.02 Å². The molecule has 0 amide bonds. The summed E-state index contributed by atoms with van der Waals surface area (Å²) in [6, 6.07) is 4.44. The average molecular weight is 256 g/mol. The molecular formula is C13H18ClNO2. The van der Waals surface area contributed by atoms with Crippen molar-refractivity contribution in [3.8, 4) is 11.5 Å². The highest BCUT2D eigenvalue weighted by molar-refractivity contribution is 6.32. The van der Waals surface area contributed by atoms with Crippen LogP contribution >= 0.6 is 11.6 Å². The molecule has 0 radical (unpaired) electrons. The van der Waals surface area contributed by atoms with E-state index >= 15 is 0 Å². The molecule has 17 heavy (non-hydrogen) atoms. The van der Waals surface area contributed by atoms with Crippen molar-refractivity contribution in [3.05, 3.63) is 22.7 Å². The normalized spacial score (nSPS) is 15.0. The number of rotatable bonds is 5.